The molecular weight excluding hydrogens is 473 g/mol. The molecule has 1 saturated heterocycles. The van der Waals surface area contributed by atoms with E-state index in [0.717, 1.165) is 6.92 Å². The second-order valence-electron chi connectivity index (χ2n) is 7.62. The van der Waals surface area contributed by atoms with Gasteiger partial charge < -0.3 is 14.6 Å². The smallest absolute Gasteiger partial charge is 0.424 e. The highest BCUT2D eigenvalue weighted by Gasteiger charge is 2.94. The second kappa shape index (κ2) is 8.24. The molecule has 184 valence electrons. The van der Waals surface area contributed by atoms with Crippen LogP contribution in [0.1, 0.15) is 39.0 Å². The Morgan fingerprint density at radius 2 is 1.61 bits per heavy atom. The Hall–Kier alpha value is -2.74. The van der Waals surface area contributed by atoms with Gasteiger partial charge in [-0.2, -0.15) is 30.7 Å². The summed E-state index contributed by atoms with van der Waals surface area (Å²) in [5.41, 5.74) is 6.10. The molecule has 1 heterocycles. The Bertz CT molecular complexity index is 927. The van der Waals surface area contributed by atoms with Crippen LogP contribution in [0.15, 0.2) is 22.4 Å². The molecule has 10 nitrogen and oxygen atoms in total. The minimum atomic E-state index is -6.24. The topological polar surface area (TPSA) is 153 Å². The van der Waals surface area contributed by atoms with Gasteiger partial charge in [0.25, 0.3) is 0 Å². The quantitative estimate of drug-likeness (QED) is 0.140. The Kier molecular flexibility index (Phi) is 6.62. The Balaban J connectivity index is 3.08. The van der Waals surface area contributed by atoms with Crippen LogP contribution >= 0.6 is 0 Å². The molecule has 1 aliphatic carbocycles. The normalized spacial score (nSPS) is 33.8. The van der Waals surface area contributed by atoms with Gasteiger partial charge in [-0.3, -0.25) is 0 Å². The lowest BCUT2D eigenvalue weighted by Gasteiger charge is -2.60. The van der Waals surface area contributed by atoms with Gasteiger partial charge in [0, 0.05) is 21.3 Å². The van der Waals surface area contributed by atoms with E-state index in [1.807, 2.05) is 0 Å². The molecule has 1 N–H and O–H groups in total. The molecule has 1 saturated carbocycles. The first-order valence-corrected chi connectivity index (χ1v) is 9.27. The van der Waals surface area contributed by atoms with Crippen LogP contribution in [0.25, 0.3) is 20.9 Å². The van der Waals surface area contributed by atoms with Crippen molar-refractivity contribution in [3.8, 4) is 0 Å². The monoisotopic (exact) mass is 490 g/mol. The van der Waals surface area contributed by atoms with Crippen molar-refractivity contribution in [1.82, 2.24) is 0 Å². The van der Waals surface area contributed by atoms with Crippen molar-refractivity contribution in [2.45, 2.75) is 74.3 Å². The summed E-state index contributed by atoms with van der Waals surface area (Å²) in [4.78, 5) is 15.5. The summed E-state index contributed by atoms with van der Waals surface area (Å²) < 4.78 is 114. The highest BCUT2D eigenvalue weighted by Crippen LogP contribution is 2.67. The summed E-state index contributed by atoms with van der Waals surface area (Å²) in [6.07, 6.45) is -7.32. The molecule has 2 aliphatic rings. The van der Waals surface area contributed by atoms with Gasteiger partial charge in [-0.05, 0) is 41.1 Å². The number of azide groups is 2. The summed E-state index contributed by atoms with van der Waals surface area (Å²) in [6, 6.07) is 0. The zero-order chi connectivity index (χ0) is 25.5. The fraction of sp³-hybridized carbons (Fsp3) is 0.812. The molecular formula is C16H17F7N6O4. The predicted octanol–water partition coefficient (Wildman–Crippen LogP) is 5.25. The van der Waals surface area contributed by atoms with Crippen LogP contribution in [0.3, 0.4) is 0 Å². The number of alkyl halides is 7. The van der Waals surface area contributed by atoms with Crippen LogP contribution < -0.4 is 0 Å². The number of nitrogens with zero attached hydrogens (tertiary/aromatic N) is 6. The molecule has 3 atom stereocenters. The van der Waals surface area contributed by atoms with Crippen molar-refractivity contribution in [1.29, 1.82) is 0 Å². The molecule has 0 bridgehead atoms. The lowest BCUT2D eigenvalue weighted by molar-refractivity contribution is -0.527. The van der Waals surface area contributed by atoms with Gasteiger partial charge in [-0.15, -0.1) is 0 Å². The number of aliphatic hydroxyl groups is 1. The molecule has 33 heavy (non-hydrogen) atoms. The lowest BCUT2D eigenvalue weighted by atomic mass is 9.67. The van der Waals surface area contributed by atoms with Crippen molar-refractivity contribution in [3.63, 3.8) is 0 Å². The number of halogens is 7. The number of rotatable bonds is 5. The maximum absolute atomic E-state index is 15.9. The minimum Gasteiger partial charge on any atom is -0.436 e. The summed E-state index contributed by atoms with van der Waals surface area (Å²) in [5, 5.41) is 14.4. The van der Waals surface area contributed by atoms with Gasteiger partial charge in [0.05, 0.1) is 0 Å². The number of carbonyl (C=O) groups is 1. The van der Waals surface area contributed by atoms with Crippen LogP contribution in [0, 0.1) is 5.92 Å². The third kappa shape index (κ3) is 3.46. The SMILES string of the molecule is C=C(C)C(=O)OC1(N=[N+]=[N-])C(F)(F)C(O)(N=[N+]=[N-])OC(C2CCCCC2)(C(F)(F)F)C1(F)F. The van der Waals surface area contributed by atoms with Gasteiger partial charge in [-0.1, -0.05) is 25.8 Å². The van der Waals surface area contributed by atoms with Crippen LogP contribution in [0.4, 0.5) is 30.7 Å². The second-order valence-corrected chi connectivity index (χ2v) is 7.62. The molecule has 17 heteroatoms. The Labute approximate surface area is 180 Å². The van der Waals surface area contributed by atoms with Gasteiger partial charge in [0.2, 0.25) is 5.60 Å². The minimum absolute atomic E-state index is 0.0572. The maximum Gasteiger partial charge on any atom is 0.424 e. The van der Waals surface area contributed by atoms with Crippen LogP contribution in [-0.2, 0) is 14.3 Å². The van der Waals surface area contributed by atoms with Crippen molar-refractivity contribution < 1.29 is 50.1 Å². The third-order valence-electron chi connectivity index (χ3n) is 5.59. The van der Waals surface area contributed by atoms with Crippen molar-refractivity contribution in [3.05, 3.63) is 33.0 Å². The molecule has 3 unspecified atom stereocenters. The molecule has 0 aromatic rings. The van der Waals surface area contributed by atoms with Crippen LogP contribution in [0.5, 0.6) is 0 Å². The van der Waals surface area contributed by atoms with E-state index >= 15 is 17.6 Å². The average molecular weight is 490 g/mol. The molecule has 0 radical (unpaired) electrons. The number of hydrogen-bond acceptors (Lipinski definition) is 6. The number of esters is 1. The molecule has 0 aromatic carbocycles. The highest BCUT2D eigenvalue weighted by molar-refractivity contribution is 5.87. The van der Waals surface area contributed by atoms with Gasteiger partial charge in [0.15, 0.2) is 0 Å². The summed E-state index contributed by atoms with van der Waals surface area (Å²) in [5.74, 6) is -21.4. The molecule has 1 aliphatic heterocycles. The summed E-state index contributed by atoms with van der Waals surface area (Å²) >= 11 is 0. The first kappa shape index (κ1) is 26.5. The van der Waals surface area contributed by atoms with E-state index in [1.54, 1.807) is 9.82 Å². The fourth-order valence-electron chi connectivity index (χ4n) is 4.04. The molecule has 2 rings (SSSR count). The van der Waals surface area contributed by atoms with E-state index in [9.17, 15) is 23.1 Å². The molecule has 0 aromatic heterocycles. The maximum atomic E-state index is 15.9. The van der Waals surface area contributed by atoms with Crippen molar-refractivity contribution in [2.75, 3.05) is 0 Å². The largest absolute Gasteiger partial charge is 0.436 e. The van der Waals surface area contributed by atoms with Gasteiger partial charge in [0.1, 0.15) is 0 Å². The first-order valence-electron chi connectivity index (χ1n) is 9.27. The van der Waals surface area contributed by atoms with E-state index in [4.69, 9.17) is 11.1 Å². The van der Waals surface area contributed by atoms with Crippen LogP contribution in [0.2, 0.25) is 0 Å². The van der Waals surface area contributed by atoms with Crippen LogP contribution in [-0.4, -0.2) is 46.3 Å². The summed E-state index contributed by atoms with van der Waals surface area (Å²) in [7, 11) is 0. The van der Waals surface area contributed by atoms with E-state index in [2.05, 4.69) is 26.3 Å². The first-order chi connectivity index (χ1) is 15.0. The highest BCUT2D eigenvalue weighted by atomic mass is 19.4. The zero-order valence-corrected chi connectivity index (χ0v) is 16.8. The van der Waals surface area contributed by atoms with Gasteiger partial charge >= 0.3 is 35.6 Å². The van der Waals surface area contributed by atoms with E-state index in [0.29, 0.717) is 6.42 Å². The third-order valence-corrected chi connectivity index (χ3v) is 5.59. The van der Waals surface area contributed by atoms with E-state index < -0.39 is 65.6 Å². The number of ether oxygens (including phenoxy) is 2. The molecule has 0 spiro atoms. The van der Waals surface area contributed by atoms with Crippen molar-refractivity contribution in [2.24, 2.45) is 16.1 Å². The Morgan fingerprint density at radius 3 is 2.03 bits per heavy atom. The molecule has 2 fully saturated rings. The van der Waals surface area contributed by atoms with E-state index in [-0.39, 0.29) is 12.8 Å². The molecule has 0 amide bonds. The van der Waals surface area contributed by atoms with Crippen molar-refractivity contribution >= 4 is 5.97 Å². The van der Waals surface area contributed by atoms with Gasteiger partial charge in [-0.25, -0.2) is 4.79 Å². The number of hydrogen-bond donors (Lipinski definition) is 1. The fourth-order valence-corrected chi connectivity index (χ4v) is 4.04. The standard InChI is InChI=1S/C16H17F7N6O4/c1-8(2)10(30)32-14(26-28-24)12(17,18)11(15(21,22)23,9-6-4-3-5-7-9)33-16(31,27-29-25)13(14,19)20/h9,31H,1,3-7H2,2H3. The average Bonchev–Trinajstić information content (AvgIpc) is 2.70. The van der Waals surface area contributed by atoms with E-state index in [1.165, 1.54) is 0 Å². The summed E-state index contributed by atoms with van der Waals surface area (Å²) in [6.45, 7) is 3.74. The Morgan fingerprint density at radius 1 is 1.09 bits per heavy atom. The predicted molar refractivity (Wildman–Crippen MR) is 93.2 cm³/mol. The lowest BCUT2D eigenvalue weighted by Crippen LogP contribution is -2.86. The number of carbonyl (C=O) groups excluding carboxylic acids is 1. The zero-order valence-electron chi connectivity index (χ0n) is 16.8.